The lowest BCUT2D eigenvalue weighted by Gasteiger charge is -2.31. The van der Waals surface area contributed by atoms with E-state index >= 15 is 0 Å². The number of carbonyl (C=O) groups excluding carboxylic acids is 2. The van der Waals surface area contributed by atoms with E-state index < -0.39 is 22.9 Å². The number of carboxylic acids is 1. The summed E-state index contributed by atoms with van der Waals surface area (Å²) < 4.78 is 5.58. The molecule has 1 aliphatic carbocycles. The van der Waals surface area contributed by atoms with Crippen LogP contribution in [0.1, 0.15) is 64.0 Å². The Morgan fingerprint density at radius 3 is 1.89 bits per heavy atom. The Morgan fingerprint density at radius 1 is 0.857 bits per heavy atom. The standard InChI is InChI=1S/C28H36N2O5/c1-5-27(4,24(31)29-18-28(6-2,7-3)25(32)33)17-30-26(34)35-16-23-21-14-10-8-12-19(21)20-13-9-11-15-22(20)23/h8-15,23H,5-7,16-18H2,1-4H3,(H,29,31)(H,30,34)(H,32,33). The van der Waals surface area contributed by atoms with Gasteiger partial charge in [-0.2, -0.15) is 0 Å². The number of carbonyl (C=O) groups is 3. The molecular weight excluding hydrogens is 444 g/mol. The molecule has 3 rings (SSSR count). The molecule has 0 spiro atoms. The van der Waals surface area contributed by atoms with Crippen molar-refractivity contribution in [3.63, 3.8) is 0 Å². The first-order valence-electron chi connectivity index (χ1n) is 12.3. The fourth-order valence-electron chi connectivity index (χ4n) is 4.62. The highest BCUT2D eigenvalue weighted by Crippen LogP contribution is 2.44. The maximum absolute atomic E-state index is 13.0. The quantitative estimate of drug-likeness (QED) is 0.422. The van der Waals surface area contributed by atoms with Crippen LogP contribution in [0.25, 0.3) is 11.1 Å². The van der Waals surface area contributed by atoms with Gasteiger partial charge in [0.1, 0.15) is 6.61 Å². The van der Waals surface area contributed by atoms with Crippen molar-refractivity contribution in [1.82, 2.24) is 10.6 Å². The molecule has 0 radical (unpaired) electrons. The Labute approximate surface area is 207 Å². The minimum Gasteiger partial charge on any atom is -0.481 e. The number of hydrogen-bond acceptors (Lipinski definition) is 4. The van der Waals surface area contributed by atoms with E-state index in [2.05, 4.69) is 34.9 Å². The van der Waals surface area contributed by atoms with Gasteiger partial charge < -0.3 is 20.5 Å². The van der Waals surface area contributed by atoms with Crippen molar-refractivity contribution in [2.75, 3.05) is 19.7 Å². The SMILES string of the molecule is CCC(C)(CNC(=O)OCC1c2ccccc2-c2ccccc21)C(=O)NCC(CC)(CC)C(=O)O. The van der Waals surface area contributed by atoms with Gasteiger partial charge in [0, 0.05) is 19.0 Å². The van der Waals surface area contributed by atoms with Gasteiger partial charge in [-0.05, 0) is 48.4 Å². The minimum absolute atomic E-state index is 0.0405. The predicted octanol–water partition coefficient (Wildman–Crippen LogP) is 4.95. The molecule has 3 N–H and O–H groups in total. The first kappa shape index (κ1) is 26.3. The van der Waals surface area contributed by atoms with Crippen LogP contribution in [0.4, 0.5) is 4.79 Å². The number of hydrogen-bond donors (Lipinski definition) is 3. The number of aliphatic carboxylic acids is 1. The molecule has 0 heterocycles. The highest BCUT2D eigenvalue weighted by atomic mass is 16.5. The van der Waals surface area contributed by atoms with Gasteiger partial charge in [-0.3, -0.25) is 9.59 Å². The van der Waals surface area contributed by atoms with Crippen LogP contribution in [0.5, 0.6) is 0 Å². The summed E-state index contributed by atoms with van der Waals surface area (Å²) in [6.07, 6.45) is 0.724. The molecule has 1 atom stereocenters. The van der Waals surface area contributed by atoms with E-state index in [1.54, 1.807) is 6.92 Å². The summed E-state index contributed by atoms with van der Waals surface area (Å²) in [6, 6.07) is 16.3. The van der Waals surface area contributed by atoms with Crippen molar-refractivity contribution in [3.05, 3.63) is 59.7 Å². The minimum atomic E-state index is -0.996. The molecule has 0 aliphatic heterocycles. The van der Waals surface area contributed by atoms with Crippen LogP contribution in [0.3, 0.4) is 0 Å². The van der Waals surface area contributed by atoms with Crippen molar-refractivity contribution >= 4 is 18.0 Å². The van der Waals surface area contributed by atoms with Crippen molar-refractivity contribution in [1.29, 1.82) is 0 Å². The van der Waals surface area contributed by atoms with Gasteiger partial charge in [-0.25, -0.2) is 4.79 Å². The number of ether oxygens (including phenoxy) is 1. The van der Waals surface area contributed by atoms with Crippen molar-refractivity contribution < 1.29 is 24.2 Å². The Kier molecular flexibility index (Phi) is 8.20. The molecule has 2 aromatic rings. The van der Waals surface area contributed by atoms with Crippen LogP contribution in [-0.2, 0) is 14.3 Å². The second-order valence-electron chi connectivity index (χ2n) is 9.57. The number of carboxylic acid groups (broad SMARTS) is 1. The Bertz CT molecular complexity index is 1030. The smallest absolute Gasteiger partial charge is 0.407 e. The zero-order valence-corrected chi connectivity index (χ0v) is 21.0. The molecule has 0 saturated carbocycles. The lowest BCUT2D eigenvalue weighted by atomic mass is 9.81. The molecule has 7 nitrogen and oxygen atoms in total. The van der Waals surface area contributed by atoms with Crippen molar-refractivity contribution in [3.8, 4) is 11.1 Å². The summed E-state index contributed by atoms with van der Waals surface area (Å²) in [5.74, 6) is -1.24. The molecule has 1 aliphatic rings. The average molecular weight is 481 g/mol. The Morgan fingerprint density at radius 2 is 1.40 bits per heavy atom. The molecule has 0 saturated heterocycles. The normalized spacial score (nSPS) is 14.4. The van der Waals surface area contributed by atoms with E-state index in [-0.39, 0.29) is 31.5 Å². The second kappa shape index (κ2) is 10.9. The largest absolute Gasteiger partial charge is 0.481 e. The van der Waals surface area contributed by atoms with Crippen LogP contribution >= 0.6 is 0 Å². The lowest BCUT2D eigenvalue weighted by Crippen LogP contribution is -2.50. The summed E-state index contributed by atoms with van der Waals surface area (Å²) in [5, 5.41) is 15.2. The molecule has 2 aromatic carbocycles. The zero-order valence-electron chi connectivity index (χ0n) is 21.0. The number of nitrogens with one attached hydrogen (secondary N) is 2. The van der Waals surface area contributed by atoms with Crippen molar-refractivity contribution in [2.45, 2.75) is 52.9 Å². The maximum Gasteiger partial charge on any atom is 0.407 e. The van der Waals surface area contributed by atoms with Gasteiger partial charge in [0.25, 0.3) is 0 Å². The van der Waals surface area contributed by atoms with E-state index in [1.807, 2.05) is 45.0 Å². The Hall–Kier alpha value is -3.35. The molecule has 2 amide bonds. The lowest BCUT2D eigenvalue weighted by molar-refractivity contribution is -0.149. The summed E-state index contributed by atoms with van der Waals surface area (Å²) in [6.45, 7) is 7.57. The van der Waals surface area contributed by atoms with Gasteiger partial charge >= 0.3 is 12.1 Å². The van der Waals surface area contributed by atoms with Crippen LogP contribution in [0.15, 0.2) is 48.5 Å². The summed E-state index contributed by atoms with van der Waals surface area (Å²) in [7, 11) is 0. The second-order valence-corrected chi connectivity index (χ2v) is 9.57. The Balaban J connectivity index is 1.58. The fourth-order valence-corrected chi connectivity index (χ4v) is 4.62. The van der Waals surface area contributed by atoms with Gasteiger partial charge in [0.15, 0.2) is 0 Å². The molecular formula is C28H36N2O5. The van der Waals surface area contributed by atoms with Gasteiger partial charge in [-0.1, -0.05) is 69.3 Å². The van der Waals surface area contributed by atoms with Gasteiger partial charge in [0.05, 0.1) is 10.8 Å². The third-order valence-corrected chi connectivity index (χ3v) is 7.69. The summed E-state index contributed by atoms with van der Waals surface area (Å²) in [5.41, 5.74) is 2.69. The van der Waals surface area contributed by atoms with Gasteiger partial charge in [0.2, 0.25) is 5.91 Å². The highest BCUT2D eigenvalue weighted by molar-refractivity contribution is 5.84. The molecule has 35 heavy (non-hydrogen) atoms. The van der Waals surface area contributed by atoms with Crippen LogP contribution in [-0.4, -0.2) is 42.8 Å². The molecule has 7 heteroatoms. The molecule has 0 bridgehead atoms. The molecule has 0 aromatic heterocycles. The average Bonchev–Trinajstić information content (AvgIpc) is 3.20. The maximum atomic E-state index is 13.0. The topological polar surface area (TPSA) is 105 Å². The number of alkyl carbamates (subject to hydrolysis) is 1. The van der Waals surface area contributed by atoms with E-state index in [4.69, 9.17) is 4.74 Å². The summed E-state index contributed by atoms with van der Waals surface area (Å²) in [4.78, 5) is 37.3. The zero-order chi connectivity index (χ0) is 25.6. The summed E-state index contributed by atoms with van der Waals surface area (Å²) >= 11 is 0. The van der Waals surface area contributed by atoms with E-state index in [0.29, 0.717) is 19.3 Å². The third kappa shape index (κ3) is 5.34. The first-order chi connectivity index (χ1) is 16.7. The van der Waals surface area contributed by atoms with Crippen LogP contribution in [0.2, 0.25) is 0 Å². The van der Waals surface area contributed by atoms with Crippen LogP contribution < -0.4 is 10.6 Å². The van der Waals surface area contributed by atoms with Crippen molar-refractivity contribution in [2.24, 2.45) is 10.8 Å². The van der Waals surface area contributed by atoms with Gasteiger partial charge in [-0.15, -0.1) is 0 Å². The molecule has 1 unspecified atom stereocenters. The van der Waals surface area contributed by atoms with E-state index in [0.717, 1.165) is 22.3 Å². The highest BCUT2D eigenvalue weighted by Gasteiger charge is 2.38. The molecule has 0 fully saturated rings. The van der Waals surface area contributed by atoms with E-state index in [1.165, 1.54) is 0 Å². The first-order valence-corrected chi connectivity index (χ1v) is 12.3. The third-order valence-electron chi connectivity index (χ3n) is 7.69. The number of amides is 2. The monoisotopic (exact) mass is 480 g/mol. The van der Waals surface area contributed by atoms with Crippen LogP contribution in [0, 0.1) is 10.8 Å². The fraction of sp³-hybridized carbons (Fsp3) is 0.464. The number of benzene rings is 2. The molecule has 188 valence electrons. The number of rotatable bonds is 11. The van der Waals surface area contributed by atoms with E-state index in [9.17, 15) is 19.5 Å². The number of fused-ring (bicyclic) bond motifs is 3. The predicted molar refractivity (Wildman–Crippen MR) is 135 cm³/mol.